The van der Waals surface area contributed by atoms with Gasteiger partial charge in [0, 0.05) is 6.07 Å². The first-order valence-electron chi connectivity index (χ1n) is 2.82. The van der Waals surface area contributed by atoms with Gasteiger partial charge in [-0.3, -0.25) is 0 Å². The normalized spacial score (nSPS) is 10.8. The minimum atomic E-state index is -2.80. The second kappa shape index (κ2) is 4.07. The van der Waals surface area contributed by atoms with Gasteiger partial charge in [-0.25, -0.2) is 18.2 Å². The van der Waals surface area contributed by atoms with Crippen LogP contribution in [0, 0.1) is 13.2 Å². The Balaban J connectivity index is 3.28. The highest BCUT2D eigenvalue weighted by molar-refractivity contribution is 14.1. The van der Waals surface area contributed by atoms with Crippen LogP contribution in [-0.2, 0) is 0 Å². The van der Waals surface area contributed by atoms with Gasteiger partial charge in [-0.2, -0.15) is 0 Å². The molecule has 0 saturated carbocycles. The number of aromatic nitrogens is 1. The quantitative estimate of drug-likeness (QED) is 0.522. The van der Waals surface area contributed by atoms with Crippen LogP contribution in [0.1, 0.15) is 12.0 Å². The van der Waals surface area contributed by atoms with Crippen LogP contribution in [0.4, 0.5) is 13.2 Å². The lowest BCUT2D eigenvalue weighted by molar-refractivity contribution is 0.144. The summed E-state index contributed by atoms with van der Waals surface area (Å²) in [6, 6.07) is 0.990. The Kier molecular flexibility index (Phi) is 3.56. The second-order valence-electron chi connectivity index (χ2n) is 1.93. The van der Waals surface area contributed by atoms with Crippen molar-refractivity contribution in [3.8, 4) is 0 Å². The number of hydrogen-bond acceptors (Lipinski definition) is 1. The number of halogens is 5. The van der Waals surface area contributed by atoms with Crippen molar-refractivity contribution in [3.63, 3.8) is 0 Å². The molecule has 0 spiro atoms. The minimum Gasteiger partial charge on any atom is -0.235 e. The Bertz CT molecular complexity index is 280. The Labute approximate surface area is 94.0 Å². The molecule has 1 heterocycles. The molecule has 1 aromatic rings. The predicted octanol–water partition coefficient (Wildman–Crippen LogP) is 3.37. The lowest BCUT2D eigenvalue weighted by Gasteiger charge is -2.03. The van der Waals surface area contributed by atoms with Crippen LogP contribution < -0.4 is 0 Å². The monoisotopic (exact) mass is 399 g/mol. The van der Waals surface area contributed by atoms with Crippen molar-refractivity contribution in [2.75, 3.05) is 0 Å². The molecule has 0 N–H and O–H groups in total. The maximum absolute atomic E-state index is 12.8. The van der Waals surface area contributed by atoms with Gasteiger partial charge in [0.1, 0.15) is 13.2 Å². The average Bonchev–Trinajstić information content (AvgIpc) is 1.82. The highest BCUT2D eigenvalue weighted by atomic mass is 127. The first kappa shape index (κ1) is 10.5. The SMILES string of the molecule is Fc1cc(I)nc(I)c1C(F)F. The minimum absolute atomic E-state index is 0.0204. The Morgan fingerprint density at radius 2 is 1.92 bits per heavy atom. The van der Waals surface area contributed by atoms with Crippen LogP contribution in [0.2, 0.25) is 0 Å². The third-order valence-electron chi connectivity index (χ3n) is 1.15. The van der Waals surface area contributed by atoms with E-state index in [0.717, 1.165) is 6.07 Å². The molecule has 0 aromatic carbocycles. The van der Waals surface area contributed by atoms with E-state index >= 15 is 0 Å². The van der Waals surface area contributed by atoms with E-state index in [0.29, 0.717) is 3.70 Å². The largest absolute Gasteiger partial charge is 0.269 e. The fourth-order valence-electron chi connectivity index (χ4n) is 0.661. The smallest absolute Gasteiger partial charge is 0.235 e. The van der Waals surface area contributed by atoms with Crippen molar-refractivity contribution in [2.24, 2.45) is 0 Å². The molecule has 0 unspecified atom stereocenters. The summed E-state index contributed by atoms with van der Waals surface area (Å²) in [6.45, 7) is 0. The summed E-state index contributed by atoms with van der Waals surface area (Å²) >= 11 is 3.36. The Hall–Kier alpha value is 0.400. The molecule has 0 amide bonds. The maximum atomic E-state index is 12.8. The summed E-state index contributed by atoms with van der Waals surface area (Å²) < 4.78 is 37.5. The van der Waals surface area contributed by atoms with Gasteiger partial charge in [0.05, 0.1) is 5.56 Å². The van der Waals surface area contributed by atoms with Crippen LogP contribution >= 0.6 is 45.2 Å². The Morgan fingerprint density at radius 1 is 1.33 bits per heavy atom. The molecule has 12 heavy (non-hydrogen) atoms. The van der Waals surface area contributed by atoms with Crippen molar-refractivity contribution in [2.45, 2.75) is 6.43 Å². The van der Waals surface area contributed by atoms with Gasteiger partial charge in [0.2, 0.25) is 0 Å². The first-order valence-corrected chi connectivity index (χ1v) is 4.97. The summed E-state index contributed by atoms with van der Waals surface area (Å²) in [5.41, 5.74) is -0.615. The third kappa shape index (κ3) is 2.21. The molecule has 0 aliphatic rings. The van der Waals surface area contributed by atoms with Gasteiger partial charge in [-0.15, -0.1) is 0 Å². The van der Waals surface area contributed by atoms with Crippen LogP contribution in [0.15, 0.2) is 6.07 Å². The number of rotatable bonds is 1. The van der Waals surface area contributed by atoms with Crippen LogP contribution in [0.25, 0.3) is 0 Å². The fraction of sp³-hybridized carbons (Fsp3) is 0.167. The van der Waals surface area contributed by atoms with Crippen LogP contribution in [0.3, 0.4) is 0 Å². The van der Waals surface area contributed by atoms with Gasteiger partial charge < -0.3 is 0 Å². The van der Waals surface area contributed by atoms with Gasteiger partial charge >= 0.3 is 0 Å². The highest BCUT2D eigenvalue weighted by Gasteiger charge is 2.18. The van der Waals surface area contributed by atoms with Gasteiger partial charge in [0.25, 0.3) is 6.43 Å². The molecular weight excluding hydrogens is 397 g/mol. The topological polar surface area (TPSA) is 12.9 Å². The molecule has 1 aromatic heterocycles. The standard InChI is InChI=1S/C6H2F3I2N/c7-2-1-3(10)12-6(11)4(2)5(8)9/h1,5H. The molecule has 1 rings (SSSR count). The van der Waals surface area contributed by atoms with E-state index in [2.05, 4.69) is 4.98 Å². The fourth-order valence-corrected chi connectivity index (χ4v) is 2.39. The zero-order valence-electron chi connectivity index (χ0n) is 5.49. The summed E-state index contributed by atoms with van der Waals surface area (Å²) in [4.78, 5) is 3.71. The van der Waals surface area contributed by atoms with Crippen molar-refractivity contribution < 1.29 is 13.2 Å². The van der Waals surface area contributed by atoms with Gasteiger partial charge in [0.15, 0.2) is 0 Å². The summed E-state index contributed by atoms with van der Waals surface area (Å²) in [5, 5.41) is 0. The Morgan fingerprint density at radius 3 is 2.33 bits per heavy atom. The van der Waals surface area contributed by atoms with E-state index in [9.17, 15) is 13.2 Å². The highest BCUT2D eigenvalue weighted by Crippen LogP contribution is 2.26. The van der Waals surface area contributed by atoms with E-state index in [-0.39, 0.29) is 3.70 Å². The third-order valence-corrected chi connectivity index (χ3v) is 2.52. The lowest BCUT2D eigenvalue weighted by atomic mass is 10.3. The summed E-state index contributed by atoms with van der Waals surface area (Å²) in [6.07, 6.45) is -2.80. The van der Waals surface area contributed by atoms with E-state index in [1.807, 2.05) is 0 Å². The van der Waals surface area contributed by atoms with Crippen molar-refractivity contribution in [1.82, 2.24) is 4.98 Å². The van der Waals surface area contributed by atoms with E-state index in [1.54, 1.807) is 45.2 Å². The molecule has 6 heteroatoms. The summed E-state index contributed by atoms with van der Waals surface area (Å²) in [7, 11) is 0. The van der Waals surface area contributed by atoms with Gasteiger partial charge in [-0.05, 0) is 45.2 Å². The number of nitrogens with zero attached hydrogens (tertiary/aromatic N) is 1. The first-order chi connectivity index (χ1) is 5.52. The molecule has 66 valence electrons. The molecule has 1 nitrogen and oxygen atoms in total. The molecular formula is C6H2F3I2N. The molecule has 0 bridgehead atoms. The molecule has 0 radical (unpaired) electrons. The zero-order valence-corrected chi connectivity index (χ0v) is 9.81. The second-order valence-corrected chi connectivity index (χ2v) is 4.06. The molecule has 0 saturated heterocycles. The summed E-state index contributed by atoms with van der Waals surface area (Å²) in [5.74, 6) is -0.895. The molecule has 0 aliphatic carbocycles. The van der Waals surface area contributed by atoms with E-state index in [1.165, 1.54) is 0 Å². The van der Waals surface area contributed by atoms with Gasteiger partial charge in [-0.1, -0.05) is 0 Å². The molecule has 0 atom stereocenters. The van der Waals surface area contributed by atoms with Crippen molar-refractivity contribution in [1.29, 1.82) is 0 Å². The van der Waals surface area contributed by atoms with E-state index in [4.69, 9.17) is 0 Å². The molecule has 0 fully saturated rings. The zero-order chi connectivity index (χ0) is 9.30. The lowest BCUT2D eigenvalue weighted by Crippen LogP contribution is -1.99. The number of alkyl halides is 2. The van der Waals surface area contributed by atoms with Crippen molar-refractivity contribution in [3.05, 3.63) is 24.8 Å². The van der Waals surface area contributed by atoms with Crippen LogP contribution in [-0.4, -0.2) is 4.98 Å². The number of hydrogen-bond donors (Lipinski definition) is 0. The van der Waals surface area contributed by atoms with E-state index < -0.39 is 17.8 Å². The number of pyridine rings is 1. The van der Waals surface area contributed by atoms with Crippen LogP contribution in [0.5, 0.6) is 0 Å². The predicted molar refractivity (Wildman–Crippen MR) is 54.6 cm³/mol. The van der Waals surface area contributed by atoms with Crippen molar-refractivity contribution >= 4 is 45.2 Å². The maximum Gasteiger partial charge on any atom is 0.269 e. The average molecular weight is 399 g/mol. The molecule has 0 aliphatic heterocycles.